The number of nitrogens with one attached hydrogen (secondary N) is 1. The van der Waals surface area contributed by atoms with Crippen molar-refractivity contribution in [2.24, 2.45) is 0 Å². The van der Waals surface area contributed by atoms with Gasteiger partial charge in [-0.05, 0) is 18.6 Å². The minimum atomic E-state index is -0.310. The van der Waals surface area contributed by atoms with Crippen LogP contribution in [0, 0.1) is 0 Å². The maximum atomic E-state index is 12.4. The molecular weight excluding hydrogens is 374 g/mol. The number of para-hydroxylation sites is 2. The maximum absolute atomic E-state index is 12.4. The lowest BCUT2D eigenvalue weighted by atomic mass is 10.1. The first kappa shape index (κ1) is 20.1. The van der Waals surface area contributed by atoms with E-state index in [1.54, 1.807) is 6.07 Å². The molecule has 1 N–H and O–H groups in total. The number of aryl methyl sites for hydroxylation is 1. The molecule has 1 amide bonds. The summed E-state index contributed by atoms with van der Waals surface area (Å²) in [7, 11) is 0. The van der Waals surface area contributed by atoms with Crippen molar-refractivity contribution in [3.63, 3.8) is 0 Å². The number of hydrogen-bond donors (Lipinski definition) is 1. The summed E-state index contributed by atoms with van der Waals surface area (Å²) in [5.74, 6) is -0.305. The van der Waals surface area contributed by atoms with Crippen LogP contribution in [0.3, 0.4) is 0 Å². The van der Waals surface area contributed by atoms with Gasteiger partial charge in [0, 0.05) is 6.42 Å². The molecule has 0 radical (unpaired) electrons. The third kappa shape index (κ3) is 5.45. The summed E-state index contributed by atoms with van der Waals surface area (Å²) < 4.78 is 1.41. The molecule has 0 atom stereocenters. The van der Waals surface area contributed by atoms with Crippen LogP contribution in [0.25, 0.3) is 11.0 Å². The molecule has 0 aliphatic heterocycles. The molecule has 0 saturated carbocycles. The Morgan fingerprint density at radius 1 is 1.11 bits per heavy atom. The first-order valence-electron chi connectivity index (χ1n) is 9.74. The molecule has 0 aliphatic carbocycles. The van der Waals surface area contributed by atoms with Crippen molar-refractivity contribution in [2.45, 2.75) is 58.4 Å². The standard InChI is InChI=1S/C20H25N5O2S/c1-2-3-4-5-6-7-12-18-23-24-20(28-18)22-17(26)14-25-16-11-9-8-10-15(16)21-13-19(25)27/h8-11,13H,2-7,12,14H2,1H3,(H,22,24,26). The van der Waals surface area contributed by atoms with Crippen LogP contribution >= 0.6 is 11.3 Å². The molecule has 0 saturated heterocycles. The lowest BCUT2D eigenvalue weighted by Crippen LogP contribution is -2.27. The van der Waals surface area contributed by atoms with E-state index in [-0.39, 0.29) is 18.0 Å². The van der Waals surface area contributed by atoms with Gasteiger partial charge in [0.2, 0.25) is 11.0 Å². The first-order chi connectivity index (χ1) is 13.7. The van der Waals surface area contributed by atoms with Gasteiger partial charge in [-0.15, -0.1) is 10.2 Å². The summed E-state index contributed by atoms with van der Waals surface area (Å²) in [5.41, 5.74) is 0.994. The monoisotopic (exact) mass is 399 g/mol. The van der Waals surface area contributed by atoms with Crippen LogP contribution in [0.15, 0.2) is 35.3 Å². The molecule has 2 heterocycles. The van der Waals surface area contributed by atoms with Crippen molar-refractivity contribution in [3.8, 4) is 0 Å². The number of unbranched alkanes of at least 4 members (excludes halogenated alkanes) is 5. The van der Waals surface area contributed by atoms with Gasteiger partial charge in [-0.2, -0.15) is 0 Å². The Kier molecular flexibility index (Phi) is 7.25. The average Bonchev–Trinajstić information content (AvgIpc) is 3.14. The average molecular weight is 400 g/mol. The van der Waals surface area contributed by atoms with Crippen LogP contribution in [0.5, 0.6) is 0 Å². The van der Waals surface area contributed by atoms with Gasteiger partial charge in [0.05, 0.1) is 17.2 Å². The smallest absolute Gasteiger partial charge is 0.269 e. The Labute approximate surface area is 167 Å². The fourth-order valence-electron chi connectivity index (χ4n) is 3.04. The molecule has 0 aliphatic rings. The molecule has 3 rings (SSSR count). The second kappa shape index (κ2) is 10.1. The van der Waals surface area contributed by atoms with Gasteiger partial charge >= 0.3 is 0 Å². The number of nitrogens with zero attached hydrogens (tertiary/aromatic N) is 4. The molecule has 7 nitrogen and oxygen atoms in total. The molecule has 0 unspecified atom stereocenters. The van der Waals surface area contributed by atoms with Crippen molar-refractivity contribution >= 4 is 33.4 Å². The summed E-state index contributed by atoms with van der Waals surface area (Å²) in [6.45, 7) is 2.12. The summed E-state index contributed by atoms with van der Waals surface area (Å²) in [6, 6.07) is 7.25. The molecule has 8 heteroatoms. The van der Waals surface area contributed by atoms with Gasteiger partial charge in [-0.1, -0.05) is 62.5 Å². The summed E-state index contributed by atoms with van der Waals surface area (Å²) in [5, 5.41) is 12.3. The fraction of sp³-hybridized carbons (Fsp3) is 0.450. The third-order valence-corrected chi connectivity index (χ3v) is 5.41. The number of hydrogen-bond acceptors (Lipinski definition) is 6. The highest BCUT2D eigenvalue weighted by Crippen LogP contribution is 2.18. The van der Waals surface area contributed by atoms with E-state index in [4.69, 9.17) is 0 Å². The Morgan fingerprint density at radius 2 is 1.89 bits per heavy atom. The first-order valence-corrected chi connectivity index (χ1v) is 10.6. The molecule has 3 aromatic rings. The Hall–Kier alpha value is -2.61. The van der Waals surface area contributed by atoms with Gasteiger partial charge in [0.25, 0.3) is 5.56 Å². The van der Waals surface area contributed by atoms with Crippen molar-refractivity contribution < 1.29 is 4.79 Å². The second-order valence-electron chi connectivity index (χ2n) is 6.74. The zero-order chi connectivity index (χ0) is 19.8. The Morgan fingerprint density at radius 3 is 2.75 bits per heavy atom. The molecule has 0 bridgehead atoms. The quantitative estimate of drug-likeness (QED) is 0.524. The van der Waals surface area contributed by atoms with E-state index < -0.39 is 0 Å². The van der Waals surface area contributed by atoms with Crippen LogP contribution in [-0.4, -0.2) is 25.7 Å². The Balaban J connectivity index is 1.54. The zero-order valence-corrected chi connectivity index (χ0v) is 16.9. The minimum absolute atomic E-state index is 0.0891. The van der Waals surface area contributed by atoms with Gasteiger partial charge in [0.15, 0.2) is 0 Å². The number of aromatic nitrogens is 4. The molecule has 2 aromatic heterocycles. The molecule has 28 heavy (non-hydrogen) atoms. The molecular formula is C20H25N5O2S. The number of benzene rings is 1. The van der Waals surface area contributed by atoms with E-state index in [1.807, 2.05) is 18.2 Å². The van der Waals surface area contributed by atoms with E-state index in [1.165, 1.54) is 54.2 Å². The van der Waals surface area contributed by atoms with Crippen molar-refractivity contribution in [1.82, 2.24) is 19.7 Å². The molecule has 0 fully saturated rings. The number of amides is 1. The van der Waals surface area contributed by atoms with Gasteiger partial charge < -0.3 is 0 Å². The zero-order valence-electron chi connectivity index (χ0n) is 16.1. The van der Waals surface area contributed by atoms with E-state index in [9.17, 15) is 9.59 Å². The molecule has 148 valence electrons. The largest absolute Gasteiger partial charge is 0.299 e. The van der Waals surface area contributed by atoms with Gasteiger partial charge in [-0.3, -0.25) is 19.5 Å². The maximum Gasteiger partial charge on any atom is 0.269 e. The summed E-state index contributed by atoms with van der Waals surface area (Å²) in [6.07, 6.45) is 9.49. The molecule has 0 spiro atoms. The van der Waals surface area contributed by atoms with Crippen LogP contribution in [0.2, 0.25) is 0 Å². The van der Waals surface area contributed by atoms with Crippen LogP contribution in [0.1, 0.15) is 50.5 Å². The SMILES string of the molecule is CCCCCCCCc1nnc(NC(=O)Cn2c(=O)cnc3ccccc32)s1. The van der Waals surface area contributed by atoms with Crippen molar-refractivity contribution in [1.29, 1.82) is 0 Å². The van der Waals surface area contributed by atoms with E-state index in [2.05, 4.69) is 27.4 Å². The van der Waals surface area contributed by atoms with E-state index in [0.29, 0.717) is 16.2 Å². The normalized spacial score (nSPS) is 11.0. The van der Waals surface area contributed by atoms with Crippen molar-refractivity contribution in [2.75, 3.05) is 5.32 Å². The number of rotatable bonds is 10. The number of carbonyl (C=O) groups is 1. The lowest BCUT2D eigenvalue weighted by molar-refractivity contribution is -0.116. The second-order valence-corrected chi connectivity index (χ2v) is 7.80. The van der Waals surface area contributed by atoms with Crippen molar-refractivity contribution in [3.05, 3.63) is 45.8 Å². The predicted molar refractivity (Wildman–Crippen MR) is 112 cm³/mol. The highest BCUT2D eigenvalue weighted by atomic mass is 32.1. The predicted octanol–water partition coefficient (Wildman–Crippen LogP) is 3.79. The number of fused-ring (bicyclic) bond motifs is 1. The van der Waals surface area contributed by atoms with E-state index >= 15 is 0 Å². The molecule has 1 aromatic carbocycles. The summed E-state index contributed by atoms with van der Waals surface area (Å²) >= 11 is 1.39. The van der Waals surface area contributed by atoms with Crippen LogP contribution in [-0.2, 0) is 17.8 Å². The van der Waals surface area contributed by atoms with Crippen LogP contribution < -0.4 is 10.9 Å². The minimum Gasteiger partial charge on any atom is -0.299 e. The van der Waals surface area contributed by atoms with Gasteiger partial charge in [-0.25, -0.2) is 4.98 Å². The highest BCUT2D eigenvalue weighted by Gasteiger charge is 2.12. The lowest BCUT2D eigenvalue weighted by Gasteiger charge is -2.08. The fourth-order valence-corrected chi connectivity index (χ4v) is 3.84. The van der Waals surface area contributed by atoms with Gasteiger partial charge in [0.1, 0.15) is 11.6 Å². The topological polar surface area (TPSA) is 89.8 Å². The third-order valence-electron chi connectivity index (χ3n) is 4.51. The van der Waals surface area contributed by atoms with E-state index in [0.717, 1.165) is 17.8 Å². The van der Waals surface area contributed by atoms with Crippen LogP contribution in [0.4, 0.5) is 5.13 Å². The highest BCUT2D eigenvalue weighted by molar-refractivity contribution is 7.15. The number of carbonyl (C=O) groups excluding carboxylic acids is 1. The number of anilines is 1. The Bertz CT molecular complexity index is 982. The summed E-state index contributed by atoms with van der Waals surface area (Å²) in [4.78, 5) is 28.6.